The molecule has 0 radical (unpaired) electrons. The summed E-state index contributed by atoms with van der Waals surface area (Å²) in [4.78, 5) is 12.0. The normalized spacial score (nSPS) is 10.1. The number of unbranched alkanes of at least 4 members (excludes halogenated alkanes) is 1. The molecule has 0 unspecified atom stereocenters. The Morgan fingerprint density at radius 3 is 2.30 bits per heavy atom. The van der Waals surface area contributed by atoms with Crippen LogP contribution in [-0.4, -0.2) is 12.6 Å². The lowest BCUT2D eigenvalue weighted by atomic mass is 10.2. The summed E-state index contributed by atoms with van der Waals surface area (Å²) in [6.07, 6.45) is 2.03. The Kier molecular flexibility index (Phi) is 5.18. The summed E-state index contributed by atoms with van der Waals surface area (Å²) in [6, 6.07) is 16.2. The number of rotatable bonds is 6. The SMILES string of the molecule is CCCCOc1ccccc1OC(=O)c1ccccc1. The topological polar surface area (TPSA) is 35.5 Å². The molecule has 0 spiro atoms. The first-order valence-electron chi connectivity index (χ1n) is 6.80. The van der Waals surface area contributed by atoms with Crippen LogP contribution in [-0.2, 0) is 0 Å². The minimum Gasteiger partial charge on any atom is -0.490 e. The quantitative estimate of drug-likeness (QED) is 0.450. The lowest BCUT2D eigenvalue weighted by molar-refractivity contribution is 0.0728. The fraction of sp³-hybridized carbons (Fsp3) is 0.235. The van der Waals surface area contributed by atoms with Crippen LogP contribution in [0.1, 0.15) is 30.1 Å². The molecule has 0 aromatic heterocycles. The van der Waals surface area contributed by atoms with Crippen LogP contribution in [0.25, 0.3) is 0 Å². The van der Waals surface area contributed by atoms with E-state index in [9.17, 15) is 4.79 Å². The number of benzene rings is 2. The number of hydrogen-bond acceptors (Lipinski definition) is 3. The van der Waals surface area contributed by atoms with E-state index in [0.717, 1.165) is 12.8 Å². The predicted molar refractivity (Wildman–Crippen MR) is 78.2 cm³/mol. The largest absolute Gasteiger partial charge is 0.490 e. The van der Waals surface area contributed by atoms with Gasteiger partial charge in [0.25, 0.3) is 0 Å². The summed E-state index contributed by atoms with van der Waals surface area (Å²) >= 11 is 0. The Balaban J connectivity index is 2.07. The Hall–Kier alpha value is -2.29. The maximum atomic E-state index is 12.0. The summed E-state index contributed by atoms with van der Waals surface area (Å²) in [5.41, 5.74) is 0.524. The van der Waals surface area contributed by atoms with Crippen molar-refractivity contribution in [3.8, 4) is 11.5 Å². The summed E-state index contributed by atoms with van der Waals surface area (Å²) in [5, 5.41) is 0. The molecule has 0 aliphatic heterocycles. The van der Waals surface area contributed by atoms with Crippen molar-refractivity contribution < 1.29 is 14.3 Å². The highest BCUT2D eigenvalue weighted by atomic mass is 16.6. The Morgan fingerprint density at radius 2 is 1.60 bits per heavy atom. The highest BCUT2D eigenvalue weighted by Crippen LogP contribution is 2.27. The maximum Gasteiger partial charge on any atom is 0.343 e. The standard InChI is InChI=1S/C17H18O3/c1-2-3-13-19-15-11-7-8-12-16(15)20-17(18)14-9-5-4-6-10-14/h4-12H,2-3,13H2,1H3. The first-order chi connectivity index (χ1) is 9.81. The van der Waals surface area contributed by atoms with E-state index in [4.69, 9.17) is 9.47 Å². The second-order valence-corrected chi connectivity index (χ2v) is 4.40. The molecule has 0 bridgehead atoms. The van der Waals surface area contributed by atoms with Gasteiger partial charge in [0.05, 0.1) is 12.2 Å². The van der Waals surface area contributed by atoms with Crippen LogP contribution >= 0.6 is 0 Å². The van der Waals surface area contributed by atoms with Crippen LogP contribution in [0.3, 0.4) is 0 Å². The minimum absolute atomic E-state index is 0.378. The van der Waals surface area contributed by atoms with Crippen molar-refractivity contribution in [1.29, 1.82) is 0 Å². The Morgan fingerprint density at radius 1 is 0.950 bits per heavy atom. The summed E-state index contributed by atoms with van der Waals surface area (Å²) in [7, 11) is 0. The molecule has 0 atom stereocenters. The third-order valence-electron chi connectivity index (χ3n) is 2.82. The molecular weight excluding hydrogens is 252 g/mol. The second kappa shape index (κ2) is 7.34. The third kappa shape index (κ3) is 3.85. The molecule has 2 aromatic carbocycles. The zero-order chi connectivity index (χ0) is 14.2. The van der Waals surface area contributed by atoms with Crippen molar-refractivity contribution in [3.63, 3.8) is 0 Å². The van der Waals surface area contributed by atoms with Crippen molar-refractivity contribution >= 4 is 5.97 Å². The predicted octanol–water partition coefficient (Wildman–Crippen LogP) is 4.08. The van der Waals surface area contributed by atoms with Gasteiger partial charge in [-0.3, -0.25) is 0 Å². The number of ether oxygens (including phenoxy) is 2. The zero-order valence-corrected chi connectivity index (χ0v) is 11.5. The fourth-order valence-electron chi connectivity index (χ4n) is 1.71. The average molecular weight is 270 g/mol. The molecule has 0 fully saturated rings. The van der Waals surface area contributed by atoms with Gasteiger partial charge in [-0.1, -0.05) is 43.7 Å². The van der Waals surface area contributed by atoms with Gasteiger partial charge in [0.1, 0.15) is 0 Å². The summed E-state index contributed by atoms with van der Waals surface area (Å²) < 4.78 is 11.0. The van der Waals surface area contributed by atoms with Gasteiger partial charge < -0.3 is 9.47 Å². The molecular formula is C17H18O3. The number of hydrogen-bond donors (Lipinski definition) is 0. The van der Waals surface area contributed by atoms with Gasteiger partial charge in [-0.25, -0.2) is 4.79 Å². The monoisotopic (exact) mass is 270 g/mol. The van der Waals surface area contributed by atoms with E-state index in [1.54, 1.807) is 30.3 Å². The third-order valence-corrected chi connectivity index (χ3v) is 2.82. The average Bonchev–Trinajstić information content (AvgIpc) is 2.50. The van der Waals surface area contributed by atoms with Gasteiger partial charge in [0, 0.05) is 0 Å². The van der Waals surface area contributed by atoms with E-state index < -0.39 is 0 Å². The molecule has 0 saturated heterocycles. The zero-order valence-electron chi connectivity index (χ0n) is 11.5. The number of esters is 1. The maximum absolute atomic E-state index is 12.0. The summed E-state index contributed by atoms with van der Waals surface area (Å²) in [5.74, 6) is 0.680. The van der Waals surface area contributed by atoms with E-state index in [2.05, 4.69) is 6.92 Å². The smallest absolute Gasteiger partial charge is 0.343 e. The van der Waals surface area contributed by atoms with E-state index in [1.165, 1.54) is 0 Å². The van der Waals surface area contributed by atoms with E-state index in [0.29, 0.717) is 23.7 Å². The molecule has 0 amide bonds. The van der Waals surface area contributed by atoms with Crippen molar-refractivity contribution in [2.24, 2.45) is 0 Å². The number of carbonyl (C=O) groups is 1. The van der Waals surface area contributed by atoms with Gasteiger partial charge in [0.15, 0.2) is 11.5 Å². The molecule has 0 N–H and O–H groups in total. The summed E-state index contributed by atoms with van der Waals surface area (Å²) in [6.45, 7) is 2.72. The van der Waals surface area contributed by atoms with Crippen molar-refractivity contribution in [3.05, 3.63) is 60.2 Å². The highest BCUT2D eigenvalue weighted by Gasteiger charge is 2.11. The van der Waals surface area contributed by atoms with Gasteiger partial charge in [-0.2, -0.15) is 0 Å². The molecule has 3 heteroatoms. The van der Waals surface area contributed by atoms with Gasteiger partial charge in [-0.15, -0.1) is 0 Å². The lowest BCUT2D eigenvalue weighted by Crippen LogP contribution is -2.09. The van der Waals surface area contributed by atoms with Crippen LogP contribution in [0.4, 0.5) is 0 Å². The number of para-hydroxylation sites is 2. The van der Waals surface area contributed by atoms with Gasteiger partial charge in [-0.05, 0) is 30.7 Å². The fourth-order valence-corrected chi connectivity index (χ4v) is 1.71. The number of carbonyl (C=O) groups excluding carboxylic acids is 1. The van der Waals surface area contributed by atoms with E-state index >= 15 is 0 Å². The Labute approximate surface area is 119 Å². The molecule has 2 rings (SSSR count). The minimum atomic E-state index is -0.378. The molecule has 0 aliphatic carbocycles. The van der Waals surface area contributed by atoms with E-state index in [-0.39, 0.29) is 5.97 Å². The van der Waals surface area contributed by atoms with Crippen molar-refractivity contribution in [1.82, 2.24) is 0 Å². The first kappa shape index (κ1) is 14.1. The molecule has 0 saturated carbocycles. The molecule has 0 heterocycles. The van der Waals surface area contributed by atoms with Crippen LogP contribution in [0, 0.1) is 0 Å². The van der Waals surface area contributed by atoms with Gasteiger partial charge in [0.2, 0.25) is 0 Å². The lowest BCUT2D eigenvalue weighted by Gasteiger charge is -2.11. The van der Waals surface area contributed by atoms with Crippen LogP contribution < -0.4 is 9.47 Å². The van der Waals surface area contributed by atoms with Crippen molar-refractivity contribution in [2.75, 3.05) is 6.61 Å². The first-order valence-corrected chi connectivity index (χ1v) is 6.80. The molecule has 20 heavy (non-hydrogen) atoms. The van der Waals surface area contributed by atoms with Crippen LogP contribution in [0.15, 0.2) is 54.6 Å². The molecule has 104 valence electrons. The molecule has 2 aromatic rings. The van der Waals surface area contributed by atoms with Gasteiger partial charge >= 0.3 is 5.97 Å². The van der Waals surface area contributed by atoms with Crippen molar-refractivity contribution in [2.45, 2.75) is 19.8 Å². The second-order valence-electron chi connectivity index (χ2n) is 4.40. The van der Waals surface area contributed by atoms with Crippen LogP contribution in [0.2, 0.25) is 0 Å². The molecule has 0 aliphatic rings. The Bertz CT molecular complexity index is 549. The van der Waals surface area contributed by atoms with Crippen LogP contribution in [0.5, 0.6) is 11.5 Å². The van der Waals surface area contributed by atoms with E-state index in [1.807, 2.05) is 24.3 Å². The highest BCUT2D eigenvalue weighted by molar-refractivity contribution is 5.91. The molecule has 3 nitrogen and oxygen atoms in total.